The van der Waals surface area contributed by atoms with Gasteiger partial charge in [0.2, 0.25) is 0 Å². The van der Waals surface area contributed by atoms with Gasteiger partial charge in [0.25, 0.3) is 0 Å². The van der Waals surface area contributed by atoms with Crippen LogP contribution in [0.5, 0.6) is 0 Å². The Balaban J connectivity index is 2.83. The molecule has 15 heavy (non-hydrogen) atoms. The molecule has 0 bridgehead atoms. The standard InChI is InChI=1S/C9H10Cl2F2O2/c1-8(2)4(6(8)7(14)15)3-5(10)9(11,12)13/h3-4,6H,1-2H3,(H,14,15)/b5-3-. The predicted octanol–water partition coefficient (Wildman–Crippen LogP) is 3.30. The minimum atomic E-state index is -3.62. The van der Waals surface area contributed by atoms with Crippen molar-refractivity contribution in [2.45, 2.75) is 19.2 Å². The molecule has 1 saturated carbocycles. The van der Waals surface area contributed by atoms with Gasteiger partial charge in [0.05, 0.1) is 11.0 Å². The summed E-state index contributed by atoms with van der Waals surface area (Å²) in [7, 11) is 0. The highest BCUT2D eigenvalue weighted by Crippen LogP contribution is 2.60. The quantitative estimate of drug-likeness (QED) is 0.789. The monoisotopic (exact) mass is 258 g/mol. The number of rotatable bonds is 3. The van der Waals surface area contributed by atoms with Crippen molar-refractivity contribution < 1.29 is 18.7 Å². The van der Waals surface area contributed by atoms with Gasteiger partial charge in [-0.1, -0.05) is 31.5 Å². The average Bonchev–Trinajstić information content (AvgIpc) is 2.50. The minimum Gasteiger partial charge on any atom is -0.481 e. The highest BCUT2D eigenvalue weighted by atomic mass is 35.5. The molecule has 2 unspecified atom stereocenters. The van der Waals surface area contributed by atoms with Crippen LogP contribution in [-0.2, 0) is 4.79 Å². The number of halogens is 4. The van der Waals surface area contributed by atoms with Crippen LogP contribution in [0.2, 0.25) is 0 Å². The Labute approximate surface area is 95.9 Å². The molecule has 0 radical (unpaired) electrons. The summed E-state index contributed by atoms with van der Waals surface area (Å²) in [4.78, 5) is 10.7. The molecule has 0 aromatic carbocycles. The van der Waals surface area contributed by atoms with Gasteiger partial charge in [0.1, 0.15) is 0 Å². The first-order valence-corrected chi connectivity index (χ1v) is 5.01. The van der Waals surface area contributed by atoms with Gasteiger partial charge in [-0.25, -0.2) is 0 Å². The lowest BCUT2D eigenvalue weighted by molar-refractivity contribution is -0.139. The van der Waals surface area contributed by atoms with Crippen LogP contribution >= 0.6 is 23.2 Å². The number of alkyl halides is 3. The summed E-state index contributed by atoms with van der Waals surface area (Å²) in [6.07, 6.45) is 1.04. The molecule has 6 heteroatoms. The molecule has 0 spiro atoms. The van der Waals surface area contributed by atoms with Gasteiger partial charge in [0, 0.05) is 0 Å². The van der Waals surface area contributed by atoms with E-state index in [0.29, 0.717) is 0 Å². The van der Waals surface area contributed by atoms with Gasteiger partial charge in [-0.3, -0.25) is 4.79 Å². The van der Waals surface area contributed by atoms with Crippen LogP contribution in [0.15, 0.2) is 11.1 Å². The molecule has 2 nitrogen and oxygen atoms in total. The van der Waals surface area contributed by atoms with E-state index in [2.05, 4.69) is 0 Å². The van der Waals surface area contributed by atoms with Gasteiger partial charge in [-0.2, -0.15) is 8.78 Å². The summed E-state index contributed by atoms with van der Waals surface area (Å²) < 4.78 is 25.0. The summed E-state index contributed by atoms with van der Waals surface area (Å²) in [6, 6.07) is 0. The normalized spacial score (nSPS) is 30.1. The van der Waals surface area contributed by atoms with E-state index in [-0.39, 0.29) is 0 Å². The smallest absolute Gasteiger partial charge is 0.358 e. The molecule has 0 amide bonds. The van der Waals surface area contributed by atoms with Crippen molar-refractivity contribution >= 4 is 29.2 Å². The summed E-state index contributed by atoms with van der Waals surface area (Å²) in [5.41, 5.74) is -0.548. The summed E-state index contributed by atoms with van der Waals surface area (Å²) in [5.74, 6) is -2.18. The zero-order valence-corrected chi connectivity index (χ0v) is 9.61. The first-order valence-electron chi connectivity index (χ1n) is 4.26. The van der Waals surface area contributed by atoms with Gasteiger partial charge in [-0.15, -0.1) is 0 Å². The fraction of sp³-hybridized carbons (Fsp3) is 0.667. The molecule has 1 aliphatic carbocycles. The second-order valence-electron chi connectivity index (χ2n) is 4.18. The Morgan fingerprint density at radius 2 is 2.00 bits per heavy atom. The summed E-state index contributed by atoms with van der Waals surface area (Å²) in [6.45, 7) is 3.37. The molecule has 2 atom stereocenters. The maximum atomic E-state index is 12.5. The third-order valence-corrected chi connectivity index (χ3v) is 3.44. The molecule has 0 aliphatic heterocycles. The number of carboxylic acid groups (broad SMARTS) is 1. The highest BCUT2D eigenvalue weighted by molar-refractivity contribution is 6.38. The largest absolute Gasteiger partial charge is 0.481 e. The van der Waals surface area contributed by atoms with Crippen molar-refractivity contribution in [2.75, 3.05) is 0 Å². The number of aliphatic carboxylic acids is 1. The first-order chi connectivity index (χ1) is 6.58. The predicted molar refractivity (Wildman–Crippen MR) is 53.1 cm³/mol. The third kappa shape index (κ3) is 2.42. The Kier molecular flexibility index (Phi) is 3.05. The first kappa shape index (κ1) is 12.7. The molecular weight excluding hydrogens is 249 g/mol. The molecule has 0 aromatic heterocycles. The molecule has 1 N–H and O–H groups in total. The highest BCUT2D eigenvalue weighted by Gasteiger charge is 2.61. The second kappa shape index (κ2) is 3.59. The number of carbonyl (C=O) groups is 1. The third-order valence-electron chi connectivity index (χ3n) is 2.77. The summed E-state index contributed by atoms with van der Waals surface area (Å²) >= 11 is 9.97. The topological polar surface area (TPSA) is 37.3 Å². The van der Waals surface area contributed by atoms with Crippen LogP contribution in [0.3, 0.4) is 0 Å². The second-order valence-corrected chi connectivity index (χ2v) is 5.06. The van der Waals surface area contributed by atoms with Crippen LogP contribution in [0.1, 0.15) is 13.8 Å². The van der Waals surface area contributed by atoms with E-state index in [1.54, 1.807) is 13.8 Å². The molecular formula is C9H10Cl2F2O2. The lowest BCUT2D eigenvalue weighted by Crippen LogP contribution is -2.06. The Morgan fingerprint density at radius 3 is 2.27 bits per heavy atom. The van der Waals surface area contributed by atoms with E-state index >= 15 is 0 Å². The Hall–Kier alpha value is -0.350. The fourth-order valence-corrected chi connectivity index (χ4v) is 1.91. The van der Waals surface area contributed by atoms with Crippen molar-refractivity contribution in [3.8, 4) is 0 Å². The molecule has 0 heterocycles. The Morgan fingerprint density at radius 1 is 1.53 bits per heavy atom. The van der Waals surface area contributed by atoms with Crippen molar-refractivity contribution in [2.24, 2.45) is 17.3 Å². The van der Waals surface area contributed by atoms with E-state index in [1.165, 1.54) is 0 Å². The fourth-order valence-electron chi connectivity index (χ4n) is 1.71. The van der Waals surface area contributed by atoms with Crippen LogP contribution in [0.4, 0.5) is 8.78 Å². The zero-order chi connectivity index (χ0) is 12.0. The maximum Gasteiger partial charge on any atom is 0.358 e. The number of hydrogen-bond donors (Lipinski definition) is 1. The number of carboxylic acids is 1. The van der Waals surface area contributed by atoms with Crippen LogP contribution in [0, 0.1) is 17.3 Å². The summed E-state index contributed by atoms with van der Waals surface area (Å²) in [5, 5.41) is 4.35. The van der Waals surface area contributed by atoms with Gasteiger partial charge in [-0.05, 0) is 22.9 Å². The van der Waals surface area contributed by atoms with Crippen molar-refractivity contribution in [3.05, 3.63) is 11.1 Å². The SMILES string of the molecule is CC1(C)C(/C=C(\Cl)C(F)(F)Cl)C1C(=O)O. The van der Waals surface area contributed by atoms with Gasteiger partial charge >= 0.3 is 11.4 Å². The lowest BCUT2D eigenvalue weighted by Gasteiger charge is -2.05. The maximum absolute atomic E-state index is 12.5. The van der Waals surface area contributed by atoms with E-state index < -0.39 is 33.6 Å². The molecule has 1 aliphatic rings. The van der Waals surface area contributed by atoms with E-state index in [4.69, 9.17) is 28.3 Å². The molecule has 0 saturated heterocycles. The lowest BCUT2D eigenvalue weighted by atomic mass is 10.1. The van der Waals surface area contributed by atoms with Crippen molar-refractivity contribution in [3.63, 3.8) is 0 Å². The van der Waals surface area contributed by atoms with Crippen LogP contribution < -0.4 is 0 Å². The molecule has 86 valence electrons. The van der Waals surface area contributed by atoms with Crippen LogP contribution in [0.25, 0.3) is 0 Å². The molecule has 1 fully saturated rings. The van der Waals surface area contributed by atoms with E-state index in [0.717, 1.165) is 6.08 Å². The Bertz CT molecular complexity index is 321. The van der Waals surface area contributed by atoms with Crippen molar-refractivity contribution in [1.29, 1.82) is 0 Å². The van der Waals surface area contributed by atoms with Gasteiger partial charge in [0.15, 0.2) is 0 Å². The average molecular weight is 259 g/mol. The number of hydrogen-bond acceptors (Lipinski definition) is 1. The van der Waals surface area contributed by atoms with Gasteiger partial charge < -0.3 is 5.11 Å². The van der Waals surface area contributed by atoms with Crippen molar-refractivity contribution in [1.82, 2.24) is 0 Å². The van der Waals surface area contributed by atoms with E-state index in [1.807, 2.05) is 0 Å². The molecule has 0 aromatic rings. The molecule has 1 rings (SSSR count). The van der Waals surface area contributed by atoms with E-state index in [9.17, 15) is 13.6 Å². The zero-order valence-electron chi connectivity index (χ0n) is 8.10. The minimum absolute atomic E-state index is 0.493. The number of allylic oxidation sites excluding steroid dienone is 2. The van der Waals surface area contributed by atoms with Crippen LogP contribution in [-0.4, -0.2) is 16.5 Å².